The zero-order valence-corrected chi connectivity index (χ0v) is 19.0. The Labute approximate surface area is 189 Å². The zero-order chi connectivity index (χ0) is 23.1. The molecule has 0 heterocycles. The van der Waals surface area contributed by atoms with Gasteiger partial charge < -0.3 is 9.84 Å². The van der Waals surface area contributed by atoms with Gasteiger partial charge in [-0.15, -0.1) is 0 Å². The van der Waals surface area contributed by atoms with Crippen molar-refractivity contribution in [1.29, 1.82) is 0 Å². The van der Waals surface area contributed by atoms with E-state index in [1.165, 1.54) is 12.5 Å². The van der Waals surface area contributed by atoms with Gasteiger partial charge in [-0.2, -0.15) is 0 Å². The molecule has 1 aliphatic carbocycles. The third-order valence-electron chi connectivity index (χ3n) is 6.43. The van der Waals surface area contributed by atoms with E-state index in [1.807, 2.05) is 25.1 Å². The summed E-state index contributed by atoms with van der Waals surface area (Å²) in [4.78, 5) is 37.3. The lowest BCUT2D eigenvalue weighted by atomic mass is 9.75. The number of rotatable bonds is 9. The lowest BCUT2D eigenvalue weighted by Crippen LogP contribution is -2.33. The number of ketones is 2. The van der Waals surface area contributed by atoms with E-state index in [2.05, 4.69) is 6.07 Å². The molecule has 1 fully saturated rings. The van der Waals surface area contributed by atoms with Gasteiger partial charge in [0, 0.05) is 18.4 Å². The van der Waals surface area contributed by atoms with Crippen LogP contribution in [0.4, 0.5) is 0 Å². The van der Waals surface area contributed by atoms with Crippen molar-refractivity contribution in [2.45, 2.75) is 65.2 Å². The fourth-order valence-corrected chi connectivity index (χ4v) is 4.53. The van der Waals surface area contributed by atoms with Crippen molar-refractivity contribution in [1.82, 2.24) is 0 Å². The van der Waals surface area contributed by atoms with Crippen molar-refractivity contribution in [3.63, 3.8) is 0 Å². The predicted octanol–water partition coefficient (Wildman–Crippen LogP) is 5.82. The summed E-state index contributed by atoms with van der Waals surface area (Å²) in [5, 5.41) is 9.90. The van der Waals surface area contributed by atoms with E-state index in [4.69, 9.17) is 4.74 Å². The van der Waals surface area contributed by atoms with Gasteiger partial charge in [0.1, 0.15) is 5.75 Å². The van der Waals surface area contributed by atoms with Crippen molar-refractivity contribution in [3.8, 4) is 5.75 Å². The van der Waals surface area contributed by atoms with Crippen LogP contribution in [0.5, 0.6) is 5.75 Å². The minimum atomic E-state index is -1.00. The van der Waals surface area contributed by atoms with Gasteiger partial charge >= 0.3 is 5.97 Å². The first-order valence-corrected chi connectivity index (χ1v) is 11.4. The van der Waals surface area contributed by atoms with Gasteiger partial charge in [0.2, 0.25) is 0 Å². The summed E-state index contributed by atoms with van der Waals surface area (Å²) in [6, 6.07) is 13.0. The molecule has 0 saturated heterocycles. The van der Waals surface area contributed by atoms with Crippen LogP contribution in [-0.4, -0.2) is 29.2 Å². The largest absolute Gasteiger partial charge is 0.492 e. The van der Waals surface area contributed by atoms with Crippen LogP contribution in [0.1, 0.15) is 83.7 Å². The molecule has 2 aromatic rings. The molecule has 0 unspecified atom stereocenters. The van der Waals surface area contributed by atoms with Gasteiger partial charge in [-0.25, -0.2) is 0 Å². The minimum Gasteiger partial charge on any atom is -0.492 e. The summed E-state index contributed by atoms with van der Waals surface area (Å²) in [6.45, 7) is 3.88. The van der Waals surface area contributed by atoms with Crippen molar-refractivity contribution < 1.29 is 24.2 Å². The molecule has 0 spiro atoms. The second-order valence-electron chi connectivity index (χ2n) is 8.95. The van der Waals surface area contributed by atoms with E-state index >= 15 is 0 Å². The summed E-state index contributed by atoms with van der Waals surface area (Å²) in [6.07, 6.45) is 5.39. The Morgan fingerprint density at radius 3 is 2.34 bits per heavy atom. The third kappa shape index (κ3) is 5.84. The van der Waals surface area contributed by atoms with Crippen LogP contribution in [0, 0.1) is 12.3 Å². The number of aryl methyl sites for hydroxylation is 1. The number of ether oxygens (including phenoxy) is 1. The average molecular weight is 437 g/mol. The summed E-state index contributed by atoms with van der Waals surface area (Å²) >= 11 is 0. The van der Waals surface area contributed by atoms with Crippen LogP contribution in [0.25, 0.3) is 0 Å². The number of hydrogen-bond donors (Lipinski definition) is 1. The molecular weight excluding hydrogens is 404 g/mol. The first-order valence-electron chi connectivity index (χ1n) is 11.4. The van der Waals surface area contributed by atoms with Gasteiger partial charge in [-0.1, -0.05) is 61.6 Å². The normalized spacial score (nSPS) is 15.6. The molecule has 0 amide bonds. The number of hydrogen-bond acceptors (Lipinski definition) is 4. The molecule has 1 N–H and O–H groups in total. The topological polar surface area (TPSA) is 80.7 Å². The Bertz CT molecular complexity index is 983. The monoisotopic (exact) mass is 436 g/mol. The Hall–Kier alpha value is -2.95. The average Bonchev–Trinajstić information content (AvgIpc) is 3.00. The maximum Gasteiger partial charge on any atom is 0.310 e. The standard InChI is InChI=1S/C27H32O5/c1-19-8-7-9-21(16-19)12-15-32-25-17-22(10-11-23(25)20(2)28)24(29)18-27(26(30)31)13-5-3-4-6-14-27/h7-11,16-17H,3-6,12-15,18H2,1-2H3,(H,30,31). The second kappa shape index (κ2) is 10.6. The Kier molecular flexibility index (Phi) is 7.84. The highest BCUT2D eigenvalue weighted by Gasteiger charge is 2.40. The zero-order valence-electron chi connectivity index (χ0n) is 19.0. The van der Waals surface area contributed by atoms with Gasteiger partial charge in [-0.3, -0.25) is 14.4 Å². The molecule has 0 aliphatic heterocycles. The fourth-order valence-electron chi connectivity index (χ4n) is 4.53. The molecule has 0 aromatic heterocycles. The predicted molar refractivity (Wildman–Crippen MR) is 124 cm³/mol. The van der Waals surface area contributed by atoms with Crippen LogP contribution in [0.3, 0.4) is 0 Å². The number of aliphatic carboxylic acids is 1. The molecular formula is C27H32O5. The molecule has 1 aliphatic rings. The smallest absolute Gasteiger partial charge is 0.310 e. The van der Waals surface area contributed by atoms with Crippen LogP contribution in [0.15, 0.2) is 42.5 Å². The van der Waals surface area contributed by atoms with Gasteiger partial charge in [-0.05, 0) is 44.4 Å². The van der Waals surface area contributed by atoms with E-state index in [1.54, 1.807) is 18.2 Å². The van der Waals surface area contributed by atoms with E-state index in [9.17, 15) is 19.5 Å². The summed E-state index contributed by atoms with van der Waals surface area (Å²) < 4.78 is 5.93. The second-order valence-corrected chi connectivity index (χ2v) is 8.95. The molecule has 0 bridgehead atoms. The Balaban J connectivity index is 1.77. The van der Waals surface area contributed by atoms with Crippen LogP contribution >= 0.6 is 0 Å². The SMILES string of the molecule is CC(=O)c1ccc(C(=O)CC2(C(=O)O)CCCCCC2)cc1OCCc1cccc(C)c1. The Morgan fingerprint density at radius 2 is 1.72 bits per heavy atom. The van der Waals surface area contributed by atoms with E-state index in [0.717, 1.165) is 31.2 Å². The molecule has 0 atom stereocenters. The number of benzene rings is 2. The molecule has 3 rings (SSSR count). The van der Waals surface area contributed by atoms with Crippen LogP contribution in [0.2, 0.25) is 0 Å². The molecule has 1 saturated carbocycles. The lowest BCUT2D eigenvalue weighted by Gasteiger charge is -2.27. The van der Waals surface area contributed by atoms with Crippen molar-refractivity contribution in [2.75, 3.05) is 6.61 Å². The summed E-state index contributed by atoms with van der Waals surface area (Å²) in [7, 11) is 0. The molecule has 2 aromatic carbocycles. The third-order valence-corrected chi connectivity index (χ3v) is 6.43. The molecule has 0 radical (unpaired) electrons. The van der Waals surface area contributed by atoms with E-state index < -0.39 is 11.4 Å². The number of carbonyl (C=O) groups excluding carboxylic acids is 2. The van der Waals surface area contributed by atoms with Gasteiger partial charge in [0.25, 0.3) is 0 Å². The van der Waals surface area contributed by atoms with Crippen LogP contribution < -0.4 is 4.74 Å². The highest BCUT2D eigenvalue weighted by atomic mass is 16.5. The van der Waals surface area contributed by atoms with Crippen molar-refractivity contribution >= 4 is 17.5 Å². The first-order chi connectivity index (χ1) is 15.3. The van der Waals surface area contributed by atoms with Crippen LogP contribution in [-0.2, 0) is 11.2 Å². The molecule has 170 valence electrons. The quantitative estimate of drug-likeness (QED) is 0.396. The van der Waals surface area contributed by atoms with Crippen molar-refractivity contribution in [3.05, 3.63) is 64.7 Å². The lowest BCUT2D eigenvalue weighted by molar-refractivity contribution is -0.149. The fraction of sp³-hybridized carbons (Fsp3) is 0.444. The number of Topliss-reactive ketones (excluding diaryl/α,β-unsaturated/α-hetero) is 2. The molecule has 5 heteroatoms. The molecule has 32 heavy (non-hydrogen) atoms. The number of carboxylic acid groups (broad SMARTS) is 1. The summed E-state index contributed by atoms with van der Waals surface area (Å²) in [5.41, 5.74) is 2.13. The first kappa shape index (κ1) is 23.7. The molecule has 5 nitrogen and oxygen atoms in total. The minimum absolute atomic E-state index is 0.0233. The maximum absolute atomic E-state index is 13.1. The Morgan fingerprint density at radius 1 is 1.00 bits per heavy atom. The van der Waals surface area contributed by atoms with E-state index in [0.29, 0.717) is 42.7 Å². The summed E-state index contributed by atoms with van der Waals surface area (Å²) in [5.74, 6) is -0.864. The highest BCUT2D eigenvalue weighted by molar-refractivity contribution is 6.02. The van der Waals surface area contributed by atoms with E-state index in [-0.39, 0.29) is 18.0 Å². The van der Waals surface area contributed by atoms with Gasteiger partial charge in [0.05, 0.1) is 17.6 Å². The highest BCUT2D eigenvalue weighted by Crippen LogP contribution is 2.39. The maximum atomic E-state index is 13.1. The number of carbonyl (C=O) groups is 3. The van der Waals surface area contributed by atoms with Crippen molar-refractivity contribution in [2.24, 2.45) is 5.41 Å². The number of carboxylic acids is 1. The van der Waals surface area contributed by atoms with Gasteiger partial charge in [0.15, 0.2) is 11.6 Å².